The zero-order valence-electron chi connectivity index (χ0n) is 11.2. The van der Waals surface area contributed by atoms with Crippen LogP contribution in [0.5, 0.6) is 5.75 Å². The lowest BCUT2D eigenvalue weighted by atomic mass is 10.3. The maximum atomic E-state index is 13.6. The number of halogens is 1. The van der Waals surface area contributed by atoms with Crippen molar-refractivity contribution in [3.63, 3.8) is 0 Å². The molecule has 0 aliphatic carbocycles. The van der Waals surface area contributed by atoms with Crippen LogP contribution in [0.3, 0.4) is 0 Å². The van der Waals surface area contributed by atoms with Crippen molar-refractivity contribution >= 4 is 28.1 Å². The Morgan fingerprint density at radius 3 is 2.75 bits per heavy atom. The summed E-state index contributed by atoms with van der Waals surface area (Å²) in [5.74, 6) is -0.742. The molecule has 0 spiro atoms. The van der Waals surface area contributed by atoms with E-state index in [1.807, 2.05) is 0 Å². The van der Waals surface area contributed by atoms with Crippen molar-refractivity contribution < 1.29 is 18.7 Å². The molecule has 0 bridgehead atoms. The molecule has 0 radical (unpaired) electrons. The van der Waals surface area contributed by atoms with Crippen LogP contribution >= 0.6 is 11.3 Å². The van der Waals surface area contributed by atoms with E-state index in [2.05, 4.69) is 15.0 Å². The Bertz CT molecular complexity index is 643. The molecule has 2 aromatic rings. The molecule has 0 saturated carbocycles. The van der Waals surface area contributed by atoms with Crippen LogP contribution in [0, 0.1) is 12.7 Å². The van der Waals surface area contributed by atoms with Gasteiger partial charge in [-0.2, -0.15) is 0 Å². The molecule has 0 saturated heterocycles. The lowest BCUT2D eigenvalue weighted by Gasteiger charge is -2.05. The first-order valence-electron chi connectivity index (χ1n) is 5.71. The Morgan fingerprint density at radius 1 is 1.40 bits per heavy atom. The second kappa shape index (κ2) is 5.87. The highest BCUT2D eigenvalue weighted by atomic mass is 32.1. The predicted octanol–water partition coefficient (Wildman–Crippen LogP) is 3.13. The number of ether oxygens (including phenoxy) is 2. The minimum atomic E-state index is -0.473. The van der Waals surface area contributed by atoms with Crippen molar-refractivity contribution in [2.45, 2.75) is 6.92 Å². The van der Waals surface area contributed by atoms with Crippen molar-refractivity contribution in [1.82, 2.24) is 4.98 Å². The van der Waals surface area contributed by atoms with Crippen LogP contribution in [-0.4, -0.2) is 25.2 Å². The first-order chi connectivity index (χ1) is 9.55. The van der Waals surface area contributed by atoms with Crippen LogP contribution < -0.4 is 10.1 Å². The number of nitrogens with zero attached hydrogens (tertiary/aromatic N) is 1. The van der Waals surface area contributed by atoms with Gasteiger partial charge in [-0.05, 0) is 19.1 Å². The number of carbonyl (C=O) groups excluding carboxylic acids is 1. The van der Waals surface area contributed by atoms with E-state index in [0.717, 1.165) is 11.3 Å². The van der Waals surface area contributed by atoms with E-state index in [1.54, 1.807) is 13.0 Å². The fourth-order valence-electron chi connectivity index (χ4n) is 1.60. The van der Waals surface area contributed by atoms with Crippen LogP contribution in [0.2, 0.25) is 0 Å². The molecule has 1 aromatic heterocycles. The highest BCUT2D eigenvalue weighted by Crippen LogP contribution is 2.28. The van der Waals surface area contributed by atoms with Crippen molar-refractivity contribution in [3.8, 4) is 5.75 Å². The smallest absolute Gasteiger partial charge is 0.350 e. The molecule has 0 fully saturated rings. The summed E-state index contributed by atoms with van der Waals surface area (Å²) in [5, 5.41) is 3.43. The molecule has 0 unspecified atom stereocenters. The number of aryl methyl sites for hydroxylation is 1. The minimum Gasteiger partial charge on any atom is -0.494 e. The second-order valence-corrected chi connectivity index (χ2v) is 4.90. The van der Waals surface area contributed by atoms with Gasteiger partial charge < -0.3 is 14.8 Å². The highest BCUT2D eigenvalue weighted by molar-refractivity contribution is 7.17. The summed E-state index contributed by atoms with van der Waals surface area (Å²) in [5.41, 5.74) is 1.09. The zero-order chi connectivity index (χ0) is 14.7. The molecule has 106 valence electrons. The van der Waals surface area contributed by atoms with Gasteiger partial charge in [0.25, 0.3) is 0 Å². The lowest BCUT2D eigenvalue weighted by Crippen LogP contribution is -1.99. The number of anilines is 2. The summed E-state index contributed by atoms with van der Waals surface area (Å²) in [6, 6.07) is 4.48. The third-order valence-electron chi connectivity index (χ3n) is 2.57. The number of esters is 1. The summed E-state index contributed by atoms with van der Waals surface area (Å²) in [6.07, 6.45) is 0. The molecule has 1 heterocycles. The molecule has 20 heavy (non-hydrogen) atoms. The fraction of sp³-hybridized carbons (Fsp3) is 0.231. The average Bonchev–Trinajstić information content (AvgIpc) is 2.79. The number of aromatic nitrogens is 1. The molecular formula is C13H13FN2O3S. The van der Waals surface area contributed by atoms with Gasteiger partial charge in [0.2, 0.25) is 0 Å². The fourth-order valence-corrected chi connectivity index (χ4v) is 2.50. The van der Waals surface area contributed by atoms with Gasteiger partial charge in [-0.15, -0.1) is 0 Å². The van der Waals surface area contributed by atoms with Crippen molar-refractivity contribution in [1.29, 1.82) is 0 Å². The number of rotatable bonds is 4. The molecule has 2 rings (SSSR count). The predicted molar refractivity (Wildman–Crippen MR) is 74.4 cm³/mol. The van der Waals surface area contributed by atoms with E-state index in [4.69, 9.17) is 4.74 Å². The normalized spacial score (nSPS) is 10.2. The molecular weight excluding hydrogens is 283 g/mol. The van der Waals surface area contributed by atoms with Crippen LogP contribution in [0.4, 0.5) is 15.2 Å². The van der Waals surface area contributed by atoms with Crippen LogP contribution in [0.15, 0.2) is 18.2 Å². The largest absolute Gasteiger partial charge is 0.494 e. The van der Waals surface area contributed by atoms with Gasteiger partial charge >= 0.3 is 5.97 Å². The van der Waals surface area contributed by atoms with E-state index < -0.39 is 11.8 Å². The van der Waals surface area contributed by atoms with Crippen LogP contribution in [0.25, 0.3) is 0 Å². The summed E-state index contributed by atoms with van der Waals surface area (Å²) < 4.78 is 23.1. The number of hydrogen-bond donors (Lipinski definition) is 1. The number of carbonyl (C=O) groups is 1. The molecule has 0 amide bonds. The van der Waals surface area contributed by atoms with Gasteiger partial charge in [0, 0.05) is 11.8 Å². The Labute approximate surface area is 119 Å². The van der Waals surface area contributed by atoms with E-state index >= 15 is 0 Å². The van der Waals surface area contributed by atoms with Gasteiger partial charge in [-0.25, -0.2) is 14.2 Å². The number of nitrogens with one attached hydrogen (secondary N) is 1. The average molecular weight is 296 g/mol. The molecule has 7 heteroatoms. The third kappa shape index (κ3) is 2.88. The summed E-state index contributed by atoms with van der Waals surface area (Å²) in [7, 11) is 2.71. The number of methoxy groups -OCH3 is 2. The number of benzene rings is 1. The summed E-state index contributed by atoms with van der Waals surface area (Å²) >= 11 is 1.15. The van der Waals surface area contributed by atoms with Gasteiger partial charge in [0.1, 0.15) is 4.88 Å². The van der Waals surface area contributed by atoms with Gasteiger partial charge in [0.15, 0.2) is 16.7 Å². The maximum absolute atomic E-state index is 13.6. The molecule has 5 nitrogen and oxygen atoms in total. The molecule has 0 aliphatic rings. The number of hydrogen-bond acceptors (Lipinski definition) is 6. The zero-order valence-corrected chi connectivity index (χ0v) is 12.0. The monoisotopic (exact) mass is 296 g/mol. The number of thiazole rings is 1. The molecule has 1 aromatic carbocycles. The van der Waals surface area contributed by atoms with E-state index in [-0.39, 0.29) is 5.75 Å². The Kier molecular flexibility index (Phi) is 4.19. The Morgan fingerprint density at radius 2 is 2.15 bits per heavy atom. The van der Waals surface area contributed by atoms with Crippen LogP contribution in [-0.2, 0) is 4.74 Å². The topological polar surface area (TPSA) is 60.5 Å². The Hall–Kier alpha value is -2.15. The molecule has 1 N–H and O–H groups in total. The summed E-state index contributed by atoms with van der Waals surface area (Å²) in [4.78, 5) is 16.1. The SMILES string of the molecule is COC(=O)c1sc(Nc2ccc(OC)c(F)c2)nc1C. The van der Waals surface area contributed by atoms with E-state index in [1.165, 1.54) is 26.4 Å². The standard InChI is InChI=1S/C13H13FN2O3S/c1-7-11(12(17)19-3)20-13(15-7)16-8-4-5-10(18-2)9(14)6-8/h4-6H,1-3H3,(H,15,16). The molecule has 0 aliphatic heterocycles. The van der Waals surface area contributed by atoms with Crippen molar-refractivity contribution in [2.75, 3.05) is 19.5 Å². The maximum Gasteiger partial charge on any atom is 0.350 e. The molecule has 0 atom stereocenters. The first-order valence-corrected chi connectivity index (χ1v) is 6.53. The van der Waals surface area contributed by atoms with E-state index in [0.29, 0.717) is 21.4 Å². The van der Waals surface area contributed by atoms with Gasteiger partial charge in [0.05, 0.1) is 19.9 Å². The van der Waals surface area contributed by atoms with Gasteiger partial charge in [-0.3, -0.25) is 0 Å². The van der Waals surface area contributed by atoms with Crippen molar-refractivity contribution in [2.24, 2.45) is 0 Å². The van der Waals surface area contributed by atoms with Crippen molar-refractivity contribution in [3.05, 3.63) is 34.6 Å². The second-order valence-electron chi connectivity index (χ2n) is 3.90. The highest BCUT2D eigenvalue weighted by Gasteiger charge is 2.16. The van der Waals surface area contributed by atoms with Crippen LogP contribution in [0.1, 0.15) is 15.4 Å². The van der Waals surface area contributed by atoms with Gasteiger partial charge in [-0.1, -0.05) is 11.3 Å². The first kappa shape index (κ1) is 14.3. The Balaban J connectivity index is 2.22. The quantitative estimate of drug-likeness (QED) is 0.878. The lowest BCUT2D eigenvalue weighted by molar-refractivity contribution is 0.0605. The van der Waals surface area contributed by atoms with E-state index in [9.17, 15) is 9.18 Å². The third-order valence-corrected chi connectivity index (χ3v) is 3.62. The summed E-state index contributed by atoms with van der Waals surface area (Å²) in [6.45, 7) is 1.71. The minimum absolute atomic E-state index is 0.168.